The first-order valence-corrected chi connectivity index (χ1v) is 7.13. The summed E-state index contributed by atoms with van der Waals surface area (Å²) in [5, 5.41) is 0. The first-order valence-electron chi connectivity index (χ1n) is 7.13. The predicted molar refractivity (Wildman–Crippen MR) is 84.1 cm³/mol. The third-order valence-electron chi connectivity index (χ3n) is 3.47. The Morgan fingerprint density at radius 2 is 1.70 bits per heavy atom. The van der Waals surface area contributed by atoms with Crippen LogP contribution in [0.1, 0.15) is 42.6 Å². The van der Waals surface area contributed by atoms with Gasteiger partial charge in [0.1, 0.15) is 11.9 Å². The lowest BCUT2D eigenvalue weighted by Crippen LogP contribution is -2.18. The SMILES string of the molecule is Cc1ccc(C(CN)Oc2cccc(C(C)C)c2)cc1. The number of hydrogen-bond acceptors (Lipinski definition) is 2. The Kier molecular flexibility index (Phi) is 4.80. The molecule has 0 radical (unpaired) electrons. The largest absolute Gasteiger partial charge is 0.484 e. The lowest BCUT2D eigenvalue weighted by molar-refractivity contribution is 0.214. The van der Waals surface area contributed by atoms with Gasteiger partial charge < -0.3 is 10.5 Å². The molecule has 1 atom stereocenters. The molecule has 2 nitrogen and oxygen atoms in total. The van der Waals surface area contributed by atoms with Gasteiger partial charge in [0.15, 0.2) is 0 Å². The molecule has 0 heterocycles. The number of aryl methyl sites for hydroxylation is 1. The molecular formula is C18H23NO. The maximum Gasteiger partial charge on any atom is 0.136 e. The average Bonchev–Trinajstić information content (AvgIpc) is 2.46. The number of nitrogens with two attached hydrogens (primary N) is 1. The van der Waals surface area contributed by atoms with Gasteiger partial charge in [0.2, 0.25) is 0 Å². The Hall–Kier alpha value is -1.80. The molecule has 106 valence electrons. The highest BCUT2D eigenvalue weighted by atomic mass is 16.5. The van der Waals surface area contributed by atoms with Crippen LogP contribution in [0.15, 0.2) is 48.5 Å². The molecule has 2 rings (SSSR count). The second-order valence-corrected chi connectivity index (χ2v) is 5.48. The van der Waals surface area contributed by atoms with Crippen molar-refractivity contribution in [2.75, 3.05) is 6.54 Å². The molecular weight excluding hydrogens is 246 g/mol. The van der Waals surface area contributed by atoms with Crippen molar-refractivity contribution in [2.45, 2.75) is 32.8 Å². The molecule has 0 aromatic heterocycles. The zero-order valence-corrected chi connectivity index (χ0v) is 12.5. The van der Waals surface area contributed by atoms with Crippen LogP contribution in [-0.4, -0.2) is 6.54 Å². The van der Waals surface area contributed by atoms with Gasteiger partial charge in [-0.1, -0.05) is 55.8 Å². The number of ether oxygens (including phenoxy) is 1. The highest BCUT2D eigenvalue weighted by Crippen LogP contribution is 2.25. The van der Waals surface area contributed by atoms with Gasteiger partial charge in [-0.15, -0.1) is 0 Å². The fourth-order valence-electron chi connectivity index (χ4n) is 2.14. The van der Waals surface area contributed by atoms with Crippen LogP contribution in [-0.2, 0) is 0 Å². The van der Waals surface area contributed by atoms with E-state index in [4.69, 9.17) is 10.5 Å². The minimum Gasteiger partial charge on any atom is -0.484 e. The molecule has 0 spiro atoms. The van der Waals surface area contributed by atoms with E-state index in [2.05, 4.69) is 57.2 Å². The summed E-state index contributed by atoms with van der Waals surface area (Å²) in [6, 6.07) is 16.6. The third kappa shape index (κ3) is 3.61. The summed E-state index contributed by atoms with van der Waals surface area (Å²) in [5.41, 5.74) is 9.50. The van der Waals surface area contributed by atoms with E-state index in [1.54, 1.807) is 0 Å². The van der Waals surface area contributed by atoms with Crippen molar-refractivity contribution in [2.24, 2.45) is 5.73 Å². The third-order valence-corrected chi connectivity index (χ3v) is 3.47. The molecule has 0 fully saturated rings. The highest BCUT2D eigenvalue weighted by Gasteiger charge is 2.12. The van der Waals surface area contributed by atoms with E-state index in [0.29, 0.717) is 12.5 Å². The van der Waals surface area contributed by atoms with Gasteiger partial charge in [-0.05, 0) is 36.1 Å². The van der Waals surface area contributed by atoms with E-state index in [0.717, 1.165) is 11.3 Å². The van der Waals surface area contributed by atoms with Crippen LogP contribution in [0.3, 0.4) is 0 Å². The van der Waals surface area contributed by atoms with Crippen molar-refractivity contribution in [3.05, 3.63) is 65.2 Å². The van der Waals surface area contributed by atoms with E-state index in [1.807, 2.05) is 12.1 Å². The predicted octanol–water partition coefficient (Wildman–Crippen LogP) is 4.20. The molecule has 1 unspecified atom stereocenters. The Labute approximate surface area is 121 Å². The normalized spacial score (nSPS) is 12.4. The number of hydrogen-bond donors (Lipinski definition) is 1. The summed E-state index contributed by atoms with van der Waals surface area (Å²) < 4.78 is 6.06. The maximum absolute atomic E-state index is 6.06. The summed E-state index contributed by atoms with van der Waals surface area (Å²) >= 11 is 0. The Balaban J connectivity index is 2.17. The lowest BCUT2D eigenvalue weighted by atomic mass is 10.0. The Bertz CT molecular complexity index is 546. The van der Waals surface area contributed by atoms with Crippen LogP contribution in [0.25, 0.3) is 0 Å². The molecule has 2 aromatic carbocycles. The summed E-state index contributed by atoms with van der Waals surface area (Å²) in [4.78, 5) is 0. The highest BCUT2D eigenvalue weighted by molar-refractivity contribution is 5.32. The second-order valence-electron chi connectivity index (χ2n) is 5.48. The van der Waals surface area contributed by atoms with E-state index in [9.17, 15) is 0 Å². The lowest BCUT2D eigenvalue weighted by Gasteiger charge is -2.19. The first-order chi connectivity index (χ1) is 9.60. The van der Waals surface area contributed by atoms with Crippen molar-refractivity contribution in [3.63, 3.8) is 0 Å². The molecule has 20 heavy (non-hydrogen) atoms. The summed E-state index contributed by atoms with van der Waals surface area (Å²) in [5.74, 6) is 1.38. The van der Waals surface area contributed by atoms with E-state index in [1.165, 1.54) is 11.1 Å². The molecule has 0 bridgehead atoms. The fourth-order valence-corrected chi connectivity index (χ4v) is 2.14. The molecule has 0 aliphatic carbocycles. The molecule has 0 aliphatic rings. The van der Waals surface area contributed by atoms with Crippen molar-refractivity contribution in [1.82, 2.24) is 0 Å². The Morgan fingerprint density at radius 1 is 1.00 bits per heavy atom. The first kappa shape index (κ1) is 14.6. The molecule has 2 heteroatoms. The minimum atomic E-state index is -0.0991. The van der Waals surface area contributed by atoms with E-state index in [-0.39, 0.29) is 6.10 Å². The number of benzene rings is 2. The van der Waals surface area contributed by atoms with Crippen molar-refractivity contribution >= 4 is 0 Å². The van der Waals surface area contributed by atoms with Crippen LogP contribution in [0.2, 0.25) is 0 Å². The minimum absolute atomic E-state index is 0.0991. The molecule has 0 saturated heterocycles. The molecule has 0 aliphatic heterocycles. The van der Waals surface area contributed by atoms with Gasteiger partial charge in [-0.3, -0.25) is 0 Å². The summed E-state index contributed by atoms with van der Waals surface area (Å²) in [6.07, 6.45) is -0.0991. The van der Waals surface area contributed by atoms with Gasteiger partial charge in [0, 0.05) is 6.54 Å². The zero-order valence-electron chi connectivity index (χ0n) is 12.5. The maximum atomic E-state index is 6.06. The van der Waals surface area contributed by atoms with E-state index >= 15 is 0 Å². The summed E-state index contributed by atoms with van der Waals surface area (Å²) in [6.45, 7) is 6.90. The molecule has 0 amide bonds. The summed E-state index contributed by atoms with van der Waals surface area (Å²) in [7, 11) is 0. The zero-order chi connectivity index (χ0) is 14.5. The average molecular weight is 269 g/mol. The van der Waals surface area contributed by atoms with Gasteiger partial charge >= 0.3 is 0 Å². The fraction of sp³-hybridized carbons (Fsp3) is 0.333. The van der Waals surface area contributed by atoms with Gasteiger partial charge in [-0.25, -0.2) is 0 Å². The van der Waals surface area contributed by atoms with Crippen molar-refractivity contribution in [3.8, 4) is 5.75 Å². The molecule has 0 saturated carbocycles. The van der Waals surface area contributed by atoms with Gasteiger partial charge in [-0.2, -0.15) is 0 Å². The standard InChI is InChI=1S/C18H23NO/c1-13(2)16-5-4-6-17(11-16)20-18(12-19)15-9-7-14(3)8-10-15/h4-11,13,18H,12,19H2,1-3H3. The van der Waals surface area contributed by atoms with Crippen LogP contribution in [0.4, 0.5) is 0 Å². The van der Waals surface area contributed by atoms with Crippen LogP contribution in [0, 0.1) is 6.92 Å². The topological polar surface area (TPSA) is 35.2 Å². The van der Waals surface area contributed by atoms with E-state index < -0.39 is 0 Å². The van der Waals surface area contributed by atoms with Crippen LogP contribution < -0.4 is 10.5 Å². The molecule has 2 aromatic rings. The van der Waals surface area contributed by atoms with Gasteiger partial charge in [0.05, 0.1) is 0 Å². The quantitative estimate of drug-likeness (QED) is 0.883. The smallest absolute Gasteiger partial charge is 0.136 e. The Morgan fingerprint density at radius 3 is 2.30 bits per heavy atom. The monoisotopic (exact) mass is 269 g/mol. The van der Waals surface area contributed by atoms with Crippen molar-refractivity contribution in [1.29, 1.82) is 0 Å². The second kappa shape index (κ2) is 6.58. The van der Waals surface area contributed by atoms with Crippen molar-refractivity contribution < 1.29 is 4.74 Å². The number of rotatable bonds is 5. The molecule has 2 N–H and O–H groups in total. The van der Waals surface area contributed by atoms with Crippen LogP contribution >= 0.6 is 0 Å². The van der Waals surface area contributed by atoms with Crippen LogP contribution in [0.5, 0.6) is 5.75 Å². The van der Waals surface area contributed by atoms with Gasteiger partial charge in [0.25, 0.3) is 0 Å².